The van der Waals surface area contributed by atoms with Crippen LogP contribution in [0.2, 0.25) is 0 Å². The Labute approximate surface area is 119 Å². The first kappa shape index (κ1) is 14.8. The molecule has 1 aliphatic heterocycles. The number of carboxylic acid groups (broad SMARTS) is 1. The number of urea groups is 1. The lowest BCUT2D eigenvalue weighted by Crippen LogP contribution is -2.40. The highest BCUT2D eigenvalue weighted by atomic mass is 16.4. The largest absolute Gasteiger partial charge is 0.476 e. The number of carbonyl (C=O) groups excluding carboxylic acids is 2. The van der Waals surface area contributed by atoms with Gasteiger partial charge in [0.1, 0.15) is 0 Å². The fourth-order valence-electron chi connectivity index (χ4n) is 2.07. The molecule has 0 spiro atoms. The van der Waals surface area contributed by atoms with E-state index in [-0.39, 0.29) is 24.2 Å². The van der Waals surface area contributed by atoms with Crippen LogP contribution in [0.15, 0.2) is 6.20 Å². The van der Waals surface area contributed by atoms with Crippen molar-refractivity contribution >= 4 is 17.9 Å². The molecule has 2 rings (SSSR count). The molecule has 1 unspecified atom stereocenters. The van der Waals surface area contributed by atoms with E-state index in [1.54, 1.807) is 0 Å². The summed E-state index contributed by atoms with van der Waals surface area (Å²) in [4.78, 5) is 35.0. The van der Waals surface area contributed by atoms with Crippen molar-refractivity contribution in [2.45, 2.75) is 13.0 Å². The van der Waals surface area contributed by atoms with Gasteiger partial charge in [0.05, 0.1) is 18.7 Å². The van der Waals surface area contributed by atoms with Crippen molar-refractivity contribution in [1.29, 1.82) is 0 Å². The zero-order chi connectivity index (χ0) is 15.4. The van der Waals surface area contributed by atoms with Gasteiger partial charge in [0, 0.05) is 19.6 Å². The Bertz CT molecular complexity index is 557. The van der Waals surface area contributed by atoms with E-state index in [9.17, 15) is 14.4 Å². The van der Waals surface area contributed by atoms with Crippen LogP contribution >= 0.6 is 0 Å². The average Bonchev–Trinajstić information content (AvgIpc) is 3.07. The highest BCUT2D eigenvalue weighted by Crippen LogP contribution is 2.15. The fourth-order valence-corrected chi connectivity index (χ4v) is 2.07. The Kier molecular flexibility index (Phi) is 4.36. The number of amides is 3. The number of hydrogen-bond donors (Lipinski definition) is 3. The number of hydrogen-bond acceptors (Lipinski definition) is 5. The molecule has 1 aromatic heterocycles. The highest BCUT2D eigenvalue weighted by molar-refractivity contribution is 5.84. The second-order valence-corrected chi connectivity index (χ2v) is 4.74. The quantitative estimate of drug-likeness (QED) is 0.603. The Morgan fingerprint density at radius 3 is 2.81 bits per heavy atom. The molecule has 1 saturated heterocycles. The second kappa shape index (κ2) is 6.20. The number of aromatic nitrogens is 3. The van der Waals surface area contributed by atoms with Gasteiger partial charge >= 0.3 is 12.0 Å². The number of likely N-dealkylation sites (tertiary alicyclic amines) is 1. The van der Waals surface area contributed by atoms with Gasteiger partial charge in [-0.25, -0.2) is 14.3 Å². The molecule has 0 bridgehead atoms. The summed E-state index contributed by atoms with van der Waals surface area (Å²) in [5.74, 6) is -1.84. The first-order chi connectivity index (χ1) is 9.97. The lowest BCUT2D eigenvalue weighted by atomic mass is 10.1. The van der Waals surface area contributed by atoms with E-state index in [4.69, 9.17) is 10.8 Å². The Hall–Kier alpha value is -2.65. The number of primary amides is 1. The summed E-state index contributed by atoms with van der Waals surface area (Å²) in [5.41, 5.74) is 5.05. The average molecular weight is 296 g/mol. The number of nitrogens with two attached hydrogens (primary N) is 1. The van der Waals surface area contributed by atoms with E-state index in [0.717, 1.165) is 0 Å². The van der Waals surface area contributed by atoms with Gasteiger partial charge in [-0.05, 0) is 6.42 Å². The van der Waals surface area contributed by atoms with Crippen LogP contribution in [0, 0.1) is 5.92 Å². The minimum Gasteiger partial charge on any atom is -0.476 e. The molecular weight excluding hydrogens is 280 g/mol. The van der Waals surface area contributed by atoms with Crippen molar-refractivity contribution in [3.8, 4) is 0 Å². The molecule has 114 valence electrons. The summed E-state index contributed by atoms with van der Waals surface area (Å²) < 4.78 is 1.33. The molecule has 0 aromatic carbocycles. The number of carbonyl (C=O) groups is 3. The van der Waals surface area contributed by atoms with E-state index >= 15 is 0 Å². The van der Waals surface area contributed by atoms with E-state index in [2.05, 4.69) is 15.6 Å². The number of nitrogens with zero attached hydrogens (tertiary/aromatic N) is 4. The third-order valence-electron chi connectivity index (χ3n) is 3.25. The first-order valence-electron chi connectivity index (χ1n) is 6.43. The molecule has 0 saturated carbocycles. The van der Waals surface area contributed by atoms with Gasteiger partial charge in [-0.1, -0.05) is 5.21 Å². The SMILES string of the molecule is NC(=O)C1CCN(C(=O)NCCn2cc(C(=O)O)nn2)C1. The van der Waals surface area contributed by atoms with Crippen LogP contribution in [0.4, 0.5) is 4.79 Å². The second-order valence-electron chi connectivity index (χ2n) is 4.74. The molecule has 4 N–H and O–H groups in total. The van der Waals surface area contributed by atoms with Crippen molar-refractivity contribution in [3.63, 3.8) is 0 Å². The number of rotatable bonds is 5. The minimum absolute atomic E-state index is 0.148. The summed E-state index contributed by atoms with van der Waals surface area (Å²) in [6, 6.07) is -0.280. The van der Waals surface area contributed by atoms with Crippen LogP contribution in [0.1, 0.15) is 16.9 Å². The van der Waals surface area contributed by atoms with Crippen molar-refractivity contribution < 1.29 is 19.5 Å². The third-order valence-corrected chi connectivity index (χ3v) is 3.25. The van der Waals surface area contributed by atoms with Crippen LogP contribution < -0.4 is 11.1 Å². The number of aromatic carboxylic acids is 1. The summed E-state index contributed by atoms with van der Waals surface area (Å²) in [6.07, 6.45) is 1.86. The lowest BCUT2D eigenvalue weighted by molar-refractivity contribution is -0.121. The molecule has 0 aliphatic carbocycles. The molecule has 1 atom stereocenters. The summed E-state index contributed by atoms with van der Waals surface area (Å²) in [5, 5.41) is 18.5. The van der Waals surface area contributed by atoms with Crippen LogP contribution in [0.5, 0.6) is 0 Å². The van der Waals surface area contributed by atoms with Crippen LogP contribution in [-0.2, 0) is 11.3 Å². The van der Waals surface area contributed by atoms with Crippen molar-refractivity contribution in [1.82, 2.24) is 25.2 Å². The molecule has 1 aromatic rings. The molecule has 10 heteroatoms. The van der Waals surface area contributed by atoms with Gasteiger partial charge in [-0.2, -0.15) is 0 Å². The first-order valence-corrected chi connectivity index (χ1v) is 6.43. The standard InChI is InChI=1S/C11H16N6O4/c12-9(18)7-1-3-16(5-7)11(21)13-2-4-17-6-8(10(19)20)14-15-17/h6-7H,1-5H2,(H2,12,18)(H,13,21)(H,19,20). The normalized spacial score (nSPS) is 17.7. The number of nitrogens with one attached hydrogen (secondary N) is 1. The van der Waals surface area contributed by atoms with Gasteiger partial charge in [0.2, 0.25) is 5.91 Å². The molecule has 21 heavy (non-hydrogen) atoms. The fraction of sp³-hybridized carbons (Fsp3) is 0.545. The molecular formula is C11H16N6O4. The molecule has 2 heterocycles. The van der Waals surface area contributed by atoms with E-state index in [0.29, 0.717) is 26.1 Å². The van der Waals surface area contributed by atoms with Crippen LogP contribution in [-0.4, -0.2) is 62.5 Å². The zero-order valence-electron chi connectivity index (χ0n) is 11.2. The van der Waals surface area contributed by atoms with Gasteiger partial charge < -0.3 is 21.1 Å². The topological polar surface area (TPSA) is 143 Å². The molecule has 0 radical (unpaired) electrons. The minimum atomic E-state index is -1.15. The van der Waals surface area contributed by atoms with Crippen molar-refractivity contribution in [3.05, 3.63) is 11.9 Å². The Morgan fingerprint density at radius 2 is 2.24 bits per heavy atom. The van der Waals surface area contributed by atoms with Gasteiger partial charge in [-0.3, -0.25) is 4.79 Å². The molecule has 1 fully saturated rings. The van der Waals surface area contributed by atoms with Gasteiger partial charge in [0.15, 0.2) is 5.69 Å². The molecule has 10 nitrogen and oxygen atoms in total. The number of carboxylic acids is 1. The Balaban J connectivity index is 1.74. The lowest BCUT2D eigenvalue weighted by Gasteiger charge is -2.16. The Morgan fingerprint density at radius 1 is 1.48 bits per heavy atom. The van der Waals surface area contributed by atoms with Gasteiger partial charge in [-0.15, -0.1) is 5.10 Å². The summed E-state index contributed by atoms with van der Waals surface area (Å²) >= 11 is 0. The third kappa shape index (κ3) is 3.68. The smallest absolute Gasteiger partial charge is 0.358 e. The monoisotopic (exact) mass is 296 g/mol. The summed E-state index contributed by atoms with van der Waals surface area (Å²) in [7, 11) is 0. The van der Waals surface area contributed by atoms with E-state index in [1.165, 1.54) is 15.8 Å². The van der Waals surface area contributed by atoms with Crippen LogP contribution in [0.3, 0.4) is 0 Å². The maximum Gasteiger partial charge on any atom is 0.358 e. The highest BCUT2D eigenvalue weighted by Gasteiger charge is 2.29. The van der Waals surface area contributed by atoms with Crippen LogP contribution in [0.25, 0.3) is 0 Å². The van der Waals surface area contributed by atoms with Gasteiger partial charge in [0.25, 0.3) is 0 Å². The predicted octanol–water partition coefficient (Wildman–Crippen LogP) is -1.51. The van der Waals surface area contributed by atoms with Crippen molar-refractivity contribution in [2.24, 2.45) is 11.7 Å². The maximum atomic E-state index is 11.8. The maximum absolute atomic E-state index is 11.8. The molecule has 1 aliphatic rings. The van der Waals surface area contributed by atoms with Crippen molar-refractivity contribution in [2.75, 3.05) is 19.6 Å². The zero-order valence-corrected chi connectivity index (χ0v) is 11.2. The van der Waals surface area contributed by atoms with E-state index < -0.39 is 11.9 Å². The predicted molar refractivity (Wildman–Crippen MR) is 69.3 cm³/mol. The summed E-state index contributed by atoms with van der Waals surface area (Å²) in [6.45, 7) is 1.40. The molecule has 3 amide bonds. The van der Waals surface area contributed by atoms with E-state index in [1.807, 2.05) is 0 Å².